The Labute approximate surface area is 105 Å². The van der Waals surface area contributed by atoms with Crippen LogP contribution in [0.25, 0.3) is 0 Å². The van der Waals surface area contributed by atoms with E-state index in [0.29, 0.717) is 12.8 Å². The summed E-state index contributed by atoms with van der Waals surface area (Å²) in [4.78, 5) is 19.4. The molecule has 0 aromatic carbocycles. The van der Waals surface area contributed by atoms with Gasteiger partial charge in [-0.2, -0.15) is 0 Å². The molecular weight excluding hydrogens is 256 g/mol. The van der Waals surface area contributed by atoms with Crippen LogP contribution in [0.5, 0.6) is 0 Å². The number of anilines is 1. The molecule has 1 aromatic heterocycles. The van der Waals surface area contributed by atoms with Crippen LogP contribution in [0, 0.1) is 0 Å². The van der Waals surface area contributed by atoms with Crippen molar-refractivity contribution in [2.75, 3.05) is 17.2 Å². The van der Waals surface area contributed by atoms with Crippen LogP contribution in [0.3, 0.4) is 0 Å². The van der Waals surface area contributed by atoms with Crippen molar-refractivity contribution in [3.05, 3.63) is 18.1 Å². The molecule has 18 heavy (non-hydrogen) atoms. The highest BCUT2D eigenvalue weighted by atomic mass is 32.2. The quantitative estimate of drug-likeness (QED) is 0.739. The summed E-state index contributed by atoms with van der Waals surface area (Å²) in [7, 11) is -3.04. The number of nitrogens with zero attached hydrogens (tertiary/aromatic N) is 2. The van der Waals surface area contributed by atoms with Gasteiger partial charge in [0.1, 0.15) is 11.5 Å². The van der Waals surface area contributed by atoms with E-state index in [2.05, 4.69) is 15.3 Å². The number of amides is 1. The van der Waals surface area contributed by atoms with E-state index in [1.807, 2.05) is 0 Å². The van der Waals surface area contributed by atoms with Crippen LogP contribution in [-0.2, 0) is 9.84 Å². The minimum Gasteiger partial charge on any atom is -0.382 e. The maximum Gasteiger partial charge on any atom is 0.271 e. The van der Waals surface area contributed by atoms with Gasteiger partial charge in [-0.1, -0.05) is 0 Å². The first-order valence-corrected chi connectivity index (χ1v) is 7.37. The van der Waals surface area contributed by atoms with Crippen molar-refractivity contribution < 1.29 is 13.2 Å². The van der Waals surface area contributed by atoms with Crippen molar-refractivity contribution in [3.8, 4) is 0 Å². The molecule has 3 N–H and O–H groups in total. The molecular formula is C10H14N4O3S. The average molecular weight is 270 g/mol. The third-order valence-corrected chi connectivity index (χ3v) is 4.51. The highest BCUT2D eigenvalue weighted by molar-refractivity contribution is 7.91. The van der Waals surface area contributed by atoms with Gasteiger partial charge in [0, 0.05) is 6.04 Å². The summed E-state index contributed by atoms with van der Waals surface area (Å²) in [5.74, 6) is -0.123. The number of hydrogen-bond donors (Lipinski definition) is 2. The Hall–Kier alpha value is -1.70. The van der Waals surface area contributed by atoms with E-state index < -0.39 is 15.7 Å². The Bertz CT molecular complexity index is 558. The topological polar surface area (TPSA) is 115 Å². The van der Waals surface area contributed by atoms with Gasteiger partial charge >= 0.3 is 0 Å². The maximum absolute atomic E-state index is 11.8. The van der Waals surface area contributed by atoms with Crippen LogP contribution in [0.1, 0.15) is 23.3 Å². The first-order chi connectivity index (χ1) is 8.46. The molecule has 1 aromatic rings. The third kappa shape index (κ3) is 3.16. The predicted octanol–water partition coefficient (Wildman–Crippen LogP) is -0.634. The summed E-state index contributed by atoms with van der Waals surface area (Å²) in [6, 6.07) is -0.362. The number of rotatable bonds is 2. The lowest BCUT2D eigenvalue weighted by molar-refractivity contribution is 0.0933. The van der Waals surface area contributed by atoms with Gasteiger partial charge in [0.15, 0.2) is 9.84 Å². The van der Waals surface area contributed by atoms with Crippen LogP contribution in [0.4, 0.5) is 5.82 Å². The Morgan fingerprint density at radius 2 is 2.22 bits per heavy atom. The fourth-order valence-corrected chi connectivity index (χ4v) is 3.52. The number of nitrogens with one attached hydrogen (secondary N) is 1. The molecule has 2 heterocycles. The summed E-state index contributed by atoms with van der Waals surface area (Å²) in [6.07, 6.45) is 3.85. The van der Waals surface area contributed by atoms with Crippen LogP contribution in [0.15, 0.2) is 12.4 Å². The molecule has 1 fully saturated rings. The normalized spacial score (nSPS) is 22.3. The summed E-state index contributed by atoms with van der Waals surface area (Å²) >= 11 is 0. The maximum atomic E-state index is 11.8. The van der Waals surface area contributed by atoms with Crippen molar-refractivity contribution in [3.63, 3.8) is 0 Å². The van der Waals surface area contributed by atoms with E-state index >= 15 is 0 Å². The number of carbonyl (C=O) groups is 1. The van der Waals surface area contributed by atoms with Crippen LogP contribution < -0.4 is 11.1 Å². The summed E-state index contributed by atoms with van der Waals surface area (Å²) in [5, 5.41) is 2.64. The molecule has 98 valence electrons. The number of sulfone groups is 1. The molecule has 0 radical (unpaired) electrons. The highest BCUT2D eigenvalue weighted by Crippen LogP contribution is 2.12. The largest absolute Gasteiger partial charge is 0.382 e. The molecule has 0 aliphatic carbocycles. The van der Waals surface area contributed by atoms with Gasteiger partial charge in [0.05, 0.1) is 23.9 Å². The van der Waals surface area contributed by atoms with Crippen molar-refractivity contribution in [2.45, 2.75) is 18.9 Å². The van der Waals surface area contributed by atoms with Crippen LogP contribution >= 0.6 is 0 Å². The van der Waals surface area contributed by atoms with Gasteiger partial charge in [-0.05, 0) is 12.8 Å². The number of nitrogen functional groups attached to an aromatic ring is 1. The lowest BCUT2D eigenvalue weighted by Gasteiger charge is -2.22. The molecule has 1 saturated heterocycles. The molecule has 7 nitrogen and oxygen atoms in total. The Morgan fingerprint density at radius 1 is 1.44 bits per heavy atom. The summed E-state index contributed by atoms with van der Waals surface area (Å²) in [5.41, 5.74) is 5.52. The monoisotopic (exact) mass is 270 g/mol. The van der Waals surface area contributed by atoms with Gasteiger partial charge in [-0.15, -0.1) is 0 Å². The number of hydrogen-bond acceptors (Lipinski definition) is 6. The van der Waals surface area contributed by atoms with Crippen molar-refractivity contribution in [1.82, 2.24) is 15.3 Å². The minimum absolute atomic E-state index is 0.0194. The van der Waals surface area contributed by atoms with Gasteiger partial charge in [-0.3, -0.25) is 9.78 Å². The number of carbonyl (C=O) groups excluding carboxylic acids is 1. The average Bonchev–Trinajstić information content (AvgIpc) is 2.27. The van der Waals surface area contributed by atoms with Crippen LogP contribution in [0.2, 0.25) is 0 Å². The zero-order valence-corrected chi connectivity index (χ0v) is 10.5. The first kappa shape index (κ1) is 12.7. The lowest BCUT2D eigenvalue weighted by Crippen LogP contribution is -2.43. The number of aromatic nitrogens is 2. The van der Waals surface area contributed by atoms with Gasteiger partial charge in [0.2, 0.25) is 0 Å². The zero-order chi connectivity index (χ0) is 13.2. The Kier molecular flexibility index (Phi) is 3.46. The van der Waals surface area contributed by atoms with E-state index in [9.17, 15) is 13.2 Å². The summed E-state index contributed by atoms with van der Waals surface area (Å²) in [6.45, 7) is 0. The molecule has 0 bridgehead atoms. The third-order valence-electron chi connectivity index (χ3n) is 2.68. The van der Waals surface area contributed by atoms with Crippen molar-refractivity contribution >= 4 is 21.6 Å². The summed E-state index contributed by atoms with van der Waals surface area (Å²) < 4.78 is 22.9. The Morgan fingerprint density at radius 3 is 2.89 bits per heavy atom. The standard InChI is InChI=1S/C10H14N4O3S/c11-9-5-12-4-8(14-9)10(15)13-7-2-1-3-18(16,17)6-7/h4-5,7H,1-3,6H2,(H2,11,14)(H,13,15). The van der Waals surface area contributed by atoms with Gasteiger partial charge < -0.3 is 11.1 Å². The second-order valence-corrected chi connectivity index (χ2v) is 6.48. The SMILES string of the molecule is Nc1cncc(C(=O)NC2CCCS(=O)(=O)C2)n1. The molecule has 0 saturated carbocycles. The highest BCUT2D eigenvalue weighted by Gasteiger charge is 2.26. The van der Waals surface area contributed by atoms with E-state index in [1.54, 1.807) is 0 Å². The lowest BCUT2D eigenvalue weighted by atomic mass is 10.2. The fraction of sp³-hybridized carbons (Fsp3) is 0.500. The van der Waals surface area contributed by atoms with Crippen LogP contribution in [-0.4, -0.2) is 41.8 Å². The smallest absolute Gasteiger partial charge is 0.271 e. The van der Waals surface area contributed by atoms with E-state index in [-0.39, 0.29) is 29.1 Å². The first-order valence-electron chi connectivity index (χ1n) is 5.55. The molecule has 1 atom stereocenters. The number of nitrogens with two attached hydrogens (primary N) is 1. The second kappa shape index (κ2) is 4.89. The van der Waals surface area contributed by atoms with Gasteiger partial charge in [-0.25, -0.2) is 13.4 Å². The van der Waals surface area contributed by atoms with E-state index in [4.69, 9.17) is 5.73 Å². The minimum atomic E-state index is -3.04. The van der Waals surface area contributed by atoms with Crippen molar-refractivity contribution in [1.29, 1.82) is 0 Å². The molecule has 2 rings (SSSR count). The molecule has 0 spiro atoms. The fourth-order valence-electron chi connectivity index (χ4n) is 1.89. The molecule has 1 amide bonds. The Balaban J connectivity index is 2.03. The molecule has 1 aliphatic rings. The second-order valence-electron chi connectivity index (χ2n) is 4.26. The molecule has 8 heteroatoms. The van der Waals surface area contributed by atoms with Crippen molar-refractivity contribution in [2.24, 2.45) is 0 Å². The van der Waals surface area contributed by atoms with E-state index in [0.717, 1.165) is 0 Å². The van der Waals surface area contributed by atoms with Gasteiger partial charge in [0.25, 0.3) is 5.91 Å². The van der Waals surface area contributed by atoms with E-state index in [1.165, 1.54) is 12.4 Å². The predicted molar refractivity (Wildman–Crippen MR) is 65.6 cm³/mol. The zero-order valence-electron chi connectivity index (χ0n) is 9.67. The molecule has 1 aliphatic heterocycles. The molecule has 1 unspecified atom stereocenters.